The van der Waals surface area contributed by atoms with E-state index in [1.807, 2.05) is 43.5 Å². The fourth-order valence-corrected chi connectivity index (χ4v) is 4.33. The lowest BCUT2D eigenvalue weighted by atomic mass is 10.1. The predicted molar refractivity (Wildman–Crippen MR) is 116 cm³/mol. The van der Waals surface area contributed by atoms with Crippen LogP contribution in [0.1, 0.15) is 22.5 Å². The molecule has 1 amide bonds. The first-order chi connectivity index (χ1) is 14.5. The van der Waals surface area contributed by atoms with Gasteiger partial charge in [-0.3, -0.25) is 10.2 Å². The Balaban J connectivity index is 1.77. The monoisotopic (exact) mass is 465 g/mol. The molecule has 1 N–H and O–H groups in total. The molecule has 2 aliphatic rings. The molecule has 0 saturated heterocycles. The standard InChI is InChI=1S/C20H15ClF3N5OS/c1-9-7-12(11(3)28(9)15-6-4-5-14(21)10(15)2)8-13-16(25)29-19(26-17(13)30)31-18(27-29)20(22,23)24/h4-8,25H,1-3H3/b13-8-,25-16?. The van der Waals surface area contributed by atoms with Crippen LogP contribution < -0.4 is 0 Å². The number of alkyl halides is 3. The number of fused-ring (bicyclic) bond motifs is 1. The minimum atomic E-state index is -4.68. The number of benzene rings is 1. The number of amidine groups is 2. The van der Waals surface area contributed by atoms with Gasteiger partial charge in [-0.15, -0.1) is 0 Å². The number of nitrogens with one attached hydrogen (secondary N) is 1. The van der Waals surface area contributed by atoms with E-state index in [4.69, 9.17) is 17.0 Å². The van der Waals surface area contributed by atoms with E-state index in [-0.39, 0.29) is 22.5 Å². The highest BCUT2D eigenvalue weighted by Crippen LogP contribution is 2.36. The maximum absolute atomic E-state index is 13.0. The van der Waals surface area contributed by atoms with Gasteiger partial charge < -0.3 is 4.57 Å². The number of hydrogen-bond donors (Lipinski definition) is 1. The van der Waals surface area contributed by atoms with Crippen LogP contribution in [0.4, 0.5) is 13.2 Å². The van der Waals surface area contributed by atoms with Crippen molar-refractivity contribution in [3.05, 3.63) is 57.4 Å². The van der Waals surface area contributed by atoms with Gasteiger partial charge in [0, 0.05) is 22.1 Å². The van der Waals surface area contributed by atoms with Crippen molar-refractivity contribution < 1.29 is 18.0 Å². The van der Waals surface area contributed by atoms with Gasteiger partial charge in [-0.05, 0) is 67.9 Å². The number of halogens is 4. The van der Waals surface area contributed by atoms with Crippen molar-refractivity contribution in [1.82, 2.24) is 9.58 Å². The van der Waals surface area contributed by atoms with Gasteiger partial charge >= 0.3 is 6.18 Å². The van der Waals surface area contributed by atoms with Crippen LogP contribution in [0.3, 0.4) is 0 Å². The lowest BCUT2D eigenvalue weighted by molar-refractivity contribution is -0.114. The summed E-state index contributed by atoms with van der Waals surface area (Å²) in [5.41, 5.74) is 3.88. The molecule has 0 bridgehead atoms. The number of amides is 1. The second-order valence-electron chi connectivity index (χ2n) is 6.97. The number of hydrazone groups is 1. The summed E-state index contributed by atoms with van der Waals surface area (Å²) in [6.45, 7) is 5.63. The first kappa shape index (κ1) is 21.4. The van der Waals surface area contributed by atoms with E-state index in [0.29, 0.717) is 10.6 Å². The molecule has 31 heavy (non-hydrogen) atoms. The highest BCUT2D eigenvalue weighted by molar-refractivity contribution is 8.27. The Bertz CT molecular complexity index is 1240. The molecule has 3 heterocycles. The van der Waals surface area contributed by atoms with E-state index in [0.717, 1.165) is 27.6 Å². The molecular formula is C20H15ClF3N5OS. The Kier molecular flexibility index (Phi) is 5.09. The van der Waals surface area contributed by atoms with Gasteiger partial charge in [0.15, 0.2) is 5.84 Å². The lowest BCUT2D eigenvalue weighted by Crippen LogP contribution is -2.35. The fraction of sp³-hybridized carbons (Fsp3) is 0.200. The number of aryl methyl sites for hydroxylation is 1. The number of carbonyl (C=O) groups is 1. The van der Waals surface area contributed by atoms with Crippen LogP contribution in [0.2, 0.25) is 5.02 Å². The molecular weight excluding hydrogens is 451 g/mol. The number of aromatic nitrogens is 1. The smallest absolute Gasteiger partial charge is 0.318 e. The molecule has 0 fully saturated rings. The molecule has 0 saturated carbocycles. The Morgan fingerprint density at radius 3 is 2.61 bits per heavy atom. The fourth-order valence-electron chi connectivity index (χ4n) is 3.40. The molecule has 0 spiro atoms. The summed E-state index contributed by atoms with van der Waals surface area (Å²) in [6.07, 6.45) is -3.23. The van der Waals surface area contributed by atoms with Gasteiger partial charge in [-0.2, -0.15) is 28.3 Å². The third-order valence-electron chi connectivity index (χ3n) is 4.95. The molecule has 160 valence electrons. The zero-order valence-corrected chi connectivity index (χ0v) is 18.1. The van der Waals surface area contributed by atoms with E-state index in [2.05, 4.69) is 10.1 Å². The summed E-state index contributed by atoms with van der Waals surface area (Å²) in [7, 11) is 0. The number of hydrogen-bond acceptors (Lipinski definition) is 4. The van der Waals surface area contributed by atoms with Crippen molar-refractivity contribution in [2.45, 2.75) is 26.9 Å². The van der Waals surface area contributed by atoms with Crippen LogP contribution in [-0.4, -0.2) is 37.7 Å². The first-order valence-electron chi connectivity index (χ1n) is 9.01. The van der Waals surface area contributed by atoms with E-state index in [9.17, 15) is 18.0 Å². The third kappa shape index (κ3) is 3.59. The molecule has 4 rings (SSSR count). The molecule has 0 unspecified atom stereocenters. The number of nitrogens with zero attached hydrogens (tertiary/aromatic N) is 4. The molecule has 2 aromatic rings. The second-order valence-corrected chi connectivity index (χ2v) is 8.33. The van der Waals surface area contributed by atoms with Gasteiger partial charge in [-0.1, -0.05) is 17.7 Å². The summed E-state index contributed by atoms with van der Waals surface area (Å²) in [5.74, 6) is -1.24. The normalized spacial score (nSPS) is 17.9. The van der Waals surface area contributed by atoms with Crippen molar-refractivity contribution in [2.24, 2.45) is 10.1 Å². The van der Waals surface area contributed by atoms with Gasteiger partial charge in [0.1, 0.15) is 0 Å². The van der Waals surface area contributed by atoms with Crippen molar-refractivity contribution in [2.75, 3.05) is 0 Å². The molecule has 11 heteroatoms. The second kappa shape index (κ2) is 7.38. The minimum absolute atomic E-state index is 0.139. The van der Waals surface area contributed by atoms with Crippen molar-refractivity contribution in [3.8, 4) is 5.69 Å². The summed E-state index contributed by atoms with van der Waals surface area (Å²) < 4.78 is 40.9. The quantitative estimate of drug-likeness (QED) is 0.616. The topological polar surface area (TPSA) is 73.8 Å². The van der Waals surface area contributed by atoms with Crippen molar-refractivity contribution >= 4 is 51.4 Å². The number of rotatable bonds is 2. The van der Waals surface area contributed by atoms with Gasteiger partial charge in [0.25, 0.3) is 5.91 Å². The SMILES string of the molecule is Cc1c(Cl)cccc1-n1c(C)cc(/C=C2/C(=N)N3N=C(C(F)(F)F)SC3=NC2=O)c1C. The molecule has 0 aliphatic carbocycles. The summed E-state index contributed by atoms with van der Waals surface area (Å²) in [6, 6.07) is 7.36. The molecule has 2 aliphatic heterocycles. The van der Waals surface area contributed by atoms with Crippen molar-refractivity contribution in [1.29, 1.82) is 5.41 Å². The highest BCUT2D eigenvalue weighted by Gasteiger charge is 2.46. The van der Waals surface area contributed by atoms with E-state index < -0.39 is 23.0 Å². The number of thioether (sulfide) groups is 1. The lowest BCUT2D eigenvalue weighted by Gasteiger charge is -2.20. The molecule has 0 radical (unpaired) electrons. The molecule has 6 nitrogen and oxygen atoms in total. The number of aliphatic imine (C=N–C) groups is 1. The summed E-state index contributed by atoms with van der Waals surface area (Å²) in [4.78, 5) is 16.2. The number of carbonyl (C=O) groups excluding carboxylic acids is 1. The average molecular weight is 466 g/mol. The molecule has 1 aromatic carbocycles. The Morgan fingerprint density at radius 1 is 1.23 bits per heavy atom. The zero-order chi connectivity index (χ0) is 22.7. The van der Waals surface area contributed by atoms with Gasteiger partial charge in [0.2, 0.25) is 10.2 Å². The van der Waals surface area contributed by atoms with Gasteiger partial charge in [-0.25, -0.2) is 0 Å². The van der Waals surface area contributed by atoms with Crippen LogP contribution >= 0.6 is 23.4 Å². The summed E-state index contributed by atoms with van der Waals surface area (Å²) >= 11 is 6.47. The third-order valence-corrected chi connectivity index (χ3v) is 6.31. The zero-order valence-electron chi connectivity index (χ0n) is 16.5. The Morgan fingerprint density at radius 2 is 1.94 bits per heavy atom. The van der Waals surface area contributed by atoms with Crippen LogP contribution in [0, 0.1) is 26.2 Å². The summed E-state index contributed by atoms with van der Waals surface area (Å²) in [5, 5.41) is 11.6. The maximum Gasteiger partial charge on any atom is 0.441 e. The maximum atomic E-state index is 13.0. The molecule has 1 aromatic heterocycles. The van der Waals surface area contributed by atoms with Gasteiger partial charge in [0.05, 0.1) is 5.57 Å². The van der Waals surface area contributed by atoms with Crippen LogP contribution in [-0.2, 0) is 4.79 Å². The predicted octanol–water partition coefficient (Wildman–Crippen LogP) is 5.24. The Hall–Kier alpha value is -2.85. The van der Waals surface area contributed by atoms with E-state index in [1.54, 1.807) is 6.07 Å². The Labute approximate surface area is 184 Å². The average Bonchev–Trinajstić information content (AvgIpc) is 3.23. The van der Waals surface area contributed by atoms with Crippen molar-refractivity contribution in [3.63, 3.8) is 0 Å². The van der Waals surface area contributed by atoms with E-state index in [1.165, 1.54) is 6.08 Å². The van der Waals surface area contributed by atoms with Crippen LogP contribution in [0.15, 0.2) is 39.9 Å². The first-order valence-corrected chi connectivity index (χ1v) is 10.2. The van der Waals surface area contributed by atoms with Crippen LogP contribution in [0.25, 0.3) is 11.8 Å². The van der Waals surface area contributed by atoms with Crippen LogP contribution in [0.5, 0.6) is 0 Å². The van der Waals surface area contributed by atoms with E-state index >= 15 is 0 Å². The molecule has 0 atom stereocenters. The largest absolute Gasteiger partial charge is 0.441 e. The highest BCUT2D eigenvalue weighted by atomic mass is 35.5. The minimum Gasteiger partial charge on any atom is -0.318 e.